The number of hydrogen-bond acceptors (Lipinski definition) is 5. The molecule has 0 unspecified atom stereocenters. The molecule has 28 heavy (non-hydrogen) atoms. The topological polar surface area (TPSA) is 104 Å². The Morgan fingerprint density at radius 2 is 1.71 bits per heavy atom. The maximum atomic E-state index is 12.3. The molecule has 1 atom stereocenters. The van der Waals surface area contributed by atoms with Gasteiger partial charge in [-0.2, -0.15) is 0 Å². The molecule has 144 valence electrons. The van der Waals surface area contributed by atoms with Crippen molar-refractivity contribution in [2.24, 2.45) is 7.05 Å². The first-order valence-electron chi connectivity index (χ1n) is 8.66. The molecule has 0 saturated heterocycles. The summed E-state index contributed by atoms with van der Waals surface area (Å²) in [7, 11) is 1.64. The minimum atomic E-state index is -0.893. The van der Waals surface area contributed by atoms with Gasteiger partial charge in [0.2, 0.25) is 6.10 Å². The fourth-order valence-electron chi connectivity index (χ4n) is 3.06. The number of hydrogen-bond donors (Lipinski definition) is 2. The maximum absolute atomic E-state index is 12.3. The number of carbonyl (C=O) groups excluding carboxylic acids is 2. The molecule has 9 heteroatoms. The lowest BCUT2D eigenvalue weighted by atomic mass is 10.2. The summed E-state index contributed by atoms with van der Waals surface area (Å²) >= 11 is 0. The predicted octanol–water partition coefficient (Wildman–Crippen LogP) is 0.327. The van der Waals surface area contributed by atoms with E-state index in [1.165, 1.54) is 9.13 Å². The number of benzene rings is 2. The third-order valence-electron chi connectivity index (χ3n) is 4.48. The predicted molar refractivity (Wildman–Crippen MR) is 99.8 cm³/mol. The molecule has 2 N–H and O–H groups in total. The molecule has 2 heterocycles. The smallest absolute Gasteiger partial charge is 0.329 e. The number of imidazole rings is 1. The van der Waals surface area contributed by atoms with Crippen LogP contribution in [0.15, 0.2) is 53.3 Å². The Hall–Kier alpha value is -3.75. The normalized spacial score (nSPS) is 15.2. The molecular weight excluding hydrogens is 364 g/mol. The molecule has 0 radical (unpaired) electrons. The third kappa shape index (κ3) is 3.18. The molecule has 3 aromatic rings. The van der Waals surface area contributed by atoms with E-state index in [-0.39, 0.29) is 18.8 Å². The SMILES string of the molecule is Cn1c(=O)n(CC(=O)NNC(=O)[C@@H]2COc3ccccc3O2)c2ccccc21. The highest BCUT2D eigenvalue weighted by Crippen LogP contribution is 2.30. The van der Waals surface area contributed by atoms with Crippen molar-refractivity contribution < 1.29 is 19.1 Å². The average molecular weight is 382 g/mol. The molecule has 0 saturated carbocycles. The van der Waals surface area contributed by atoms with E-state index >= 15 is 0 Å². The number of para-hydroxylation sites is 4. The van der Waals surface area contributed by atoms with Gasteiger partial charge in [0.25, 0.3) is 11.8 Å². The number of aromatic nitrogens is 2. The van der Waals surface area contributed by atoms with Crippen LogP contribution >= 0.6 is 0 Å². The average Bonchev–Trinajstić information content (AvgIpc) is 2.96. The van der Waals surface area contributed by atoms with Gasteiger partial charge in [-0.25, -0.2) is 4.79 Å². The second kappa shape index (κ2) is 7.10. The van der Waals surface area contributed by atoms with E-state index in [2.05, 4.69) is 10.9 Å². The third-order valence-corrected chi connectivity index (χ3v) is 4.48. The number of fused-ring (bicyclic) bond motifs is 2. The summed E-state index contributed by atoms with van der Waals surface area (Å²) in [6.45, 7) is -0.202. The van der Waals surface area contributed by atoms with E-state index < -0.39 is 17.9 Å². The highest BCUT2D eigenvalue weighted by Gasteiger charge is 2.27. The van der Waals surface area contributed by atoms with Crippen LogP contribution in [-0.2, 0) is 23.2 Å². The lowest BCUT2D eigenvalue weighted by Crippen LogP contribution is -2.51. The fraction of sp³-hybridized carbons (Fsp3) is 0.211. The standard InChI is InChI=1S/C19H18N4O5/c1-22-12-6-2-3-7-13(12)23(19(22)26)10-17(24)20-21-18(25)16-11-27-14-8-4-5-9-15(14)28-16/h2-9,16H,10-11H2,1H3,(H,20,24)(H,21,25)/t16-/m0/s1. The van der Waals surface area contributed by atoms with Crippen LogP contribution in [0.4, 0.5) is 0 Å². The summed E-state index contributed by atoms with van der Waals surface area (Å²) in [6, 6.07) is 14.2. The minimum absolute atomic E-state index is 0.0293. The van der Waals surface area contributed by atoms with Gasteiger partial charge in [-0.15, -0.1) is 0 Å². The Morgan fingerprint density at radius 1 is 1.04 bits per heavy atom. The molecule has 9 nitrogen and oxygen atoms in total. The molecule has 0 bridgehead atoms. The highest BCUT2D eigenvalue weighted by atomic mass is 16.6. The van der Waals surface area contributed by atoms with Crippen LogP contribution in [0.3, 0.4) is 0 Å². The molecule has 1 aromatic heterocycles. The molecular formula is C19H18N4O5. The zero-order valence-electron chi connectivity index (χ0n) is 15.0. The minimum Gasteiger partial charge on any atom is -0.485 e. The quantitative estimate of drug-likeness (QED) is 0.636. The number of hydrazine groups is 1. The van der Waals surface area contributed by atoms with Crippen molar-refractivity contribution in [2.45, 2.75) is 12.6 Å². The first-order valence-corrected chi connectivity index (χ1v) is 8.66. The first kappa shape index (κ1) is 17.7. The van der Waals surface area contributed by atoms with Crippen LogP contribution in [0, 0.1) is 0 Å². The van der Waals surface area contributed by atoms with Crippen LogP contribution in [0.5, 0.6) is 11.5 Å². The fourth-order valence-corrected chi connectivity index (χ4v) is 3.06. The van der Waals surface area contributed by atoms with Gasteiger partial charge in [0.15, 0.2) is 11.5 Å². The molecule has 1 aliphatic rings. The van der Waals surface area contributed by atoms with Crippen LogP contribution in [-0.4, -0.2) is 33.7 Å². The van der Waals surface area contributed by atoms with Crippen LogP contribution in [0.25, 0.3) is 11.0 Å². The van der Waals surface area contributed by atoms with Crippen LogP contribution in [0.2, 0.25) is 0 Å². The Labute approximate surface area is 159 Å². The lowest BCUT2D eigenvalue weighted by molar-refractivity contribution is -0.135. The van der Waals surface area contributed by atoms with E-state index in [0.29, 0.717) is 17.0 Å². The number of rotatable bonds is 3. The Morgan fingerprint density at radius 3 is 2.50 bits per heavy atom. The number of aryl methyl sites for hydroxylation is 1. The molecule has 1 aliphatic heterocycles. The van der Waals surface area contributed by atoms with Crippen molar-refractivity contribution in [3.8, 4) is 11.5 Å². The maximum Gasteiger partial charge on any atom is 0.329 e. The number of nitrogens with zero attached hydrogens (tertiary/aromatic N) is 2. The summed E-state index contributed by atoms with van der Waals surface area (Å²) in [5.41, 5.74) is 5.66. The molecule has 0 aliphatic carbocycles. The van der Waals surface area contributed by atoms with Crippen molar-refractivity contribution in [1.82, 2.24) is 20.0 Å². The van der Waals surface area contributed by atoms with Gasteiger partial charge >= 0.3 is 5.69 Å². The molecule has 2 amide bonds. The van der Waals surface area contributed by atoms with Gasteiger partial charge < -0.3 is 9.47 Å². The second-order valence-electron chi connectivity index (χ2n) is 6.32. The van der Waals surface area contributed by atoms with E-state index in [9.17, 15) is 14.4 Å². The van der Waals surface area contributed by atoms with E-state index in [1.807, 2.05) is 6.07 Å². The second-order valence-corrected chi connectivity index (χ2v) is 6.32. The lowest BCUT2D eigenvalue weighted by Gasteiger charge is -2.25. The van der Waals surface area contributed by atoms with Crippen molar-refractivity contribution in [3.05, 3.63) is 59.0 Å². The molecule has 2 aromatic carbocycles. The van der Waals surface area contributed by atoms with Crippen molar-refractivity contribution in [3.63, 3.8) is 0 Å². The summed E-state index contributed by atoms with van der Waals surface area (Å²) in [6.07, 6.45) is -0.893. The van der Waals surface area contributed by atoms with Gasteiger partial charge in [0.1, 0.15) is 13.2 Å². The number of nitrogens with one attached hydrogen (secondary N) is 2. The summed E-state index contributed by atoms with van der Waals surface area (Å²) < 4.78 is 13.9. The van der Waals surface area contributed by atoms with Gasteiger partial charge in [-0.3, -0.25) is 29.6 Å². The first-order chi connectivity index (χ1) is 13.5. The van der Waals surface area contributed by atoms with Crippen molar-refractivity contribution >= 4 is 22.8 Å². The largest absolute Gasteiger partial charge is 0.485 e. The molecule has 0 fully saturated rings. The zero-order valence-corrected chi connectivity index (χ0v) is 15.0. The van der Waals surface area contributed by atoms with Crippen LogP contribution in [0.1, 0.15) is 0 Å². The van der Waals surface area contributed by atoms with Gasteiger partial charge in [-0.05, 0) is 24.3 Å². The summed E-state index contributed by atoms with van der Waals surface area (Å²) in [4.78, 5) is 36.8. The number of amides is 2. The monoisotopic (exact) mass is 382 g/mol. The summed E-state index contributed by atoms with van der Waals surface area (Å²) in [5, 5.41) is 0. The Kier molecular flexibility index (Phi) is 4.48. The van der Waals surface area contributed by atoms with Crippen molar-refractivity contribution in [2.75, 3.05) is 6.61 Å². The Balaban J connectivity index is 1.39. The van der Waals surface area contributed by atoms with Gasteiger partial charge in [0, 0.05) is 7.05 Å². The highest BCUT2D eigenvalue weighted by molar-refractivity contribution is 5.86. The van der Waals surface area contributed by atoms with Gasteiger partial charge in [-0.1, -0.05) is 24.3 Å². The van der Waals surface area contributed by atoms with E-state index in [4.69, 9.17) is 9.47 Å². The zero-order chi connectivity index (χ0) is 19.7. The summed E-state index contributed by atoms with van der Waals surface area (Å²) in [5.74, 6) is -0.0644. The molecule has 0 spiro atoms. The van der Waals surface area contributed by atoms with E-state index in [1.54, 1.807) is 49.5 Å². The van der Waals surface area contributed by atoms with E-state index in [0.717, 1.165) is 5.52 Å². The number of carbonyl (C=O) groups is 2. The van der Waals surface area contributed by atoms with Gasteiger partial charge in [0.05, 0.1) is 11.0 Å². The van der Waals surface area contributed by atoms with Crippen LogP contribution < -0.4 is 26.0 Å². The molecule has 4 rings (SSSR count). The number of ether oxygens (including phenoxy) is 2. The Bertz CT molecular complexity index is 1120. The van der Waals surface area contributed by atoms with Crippen molar-refractivity contribution in [1.29, 1.82) is 0 Å².